The van der Waals surface area contributed by atoms with Gasteiger partial charge in [0.25, 0.3) is 0 Å². The maximum Gasteiger partial charge on any atom is 0.327 e. The summed E-state index contributed by atoms with van der Waals surface area (Å²) in [5.74, 6) is 2.02. The van der Waals surface area contributed by atoms with Crippen LogP contribution in [0.5, 0.6) is 0 Å². The molecule has 0 saturated heterocycles. The number of esters is 1. The number of hydrogen-bond acceptors (Lipinski definition) is 4. The molecular weight excluding hydrogens is 246 g/mol. The Bertz CT molecular complexity index is 343. The lowest BCUT2D eigenvalue weighted by Gasteiger charge is -2.16. The molecule has 0 saturated carbocycles. The van der Waals surface area contributed by atoms with E-state index in [1.807, 2.05) is 42.1 Å². The highest BCUT2D eigenvalue weighted by atomic mass is 32.2. The van der Waals surface area contributed by atoms with Gasteiger partial charge in [-0.05, 0) is 30.0 Å². The van der Waals surface area contributed by atoms with E-state index in [0.717, 1.165) is 30.0 Å². The van der Waals surface area contributed by atoms with Crippen LogP contribution in [0.4, 0.5) is 0 Å². The molecule has 0 aliphatic carbocycles. The Balaban J connectivity index is 2.50. The van der Waals surface area contributed by atoms with E-state index < -0.39 is 0 Å². The second kappa shape index (κ2) is 9.00. The standard InChI is InChI=1S/C14H21NO2S/c1-3-18-11-7-10-15-13(14(16)17-2)12-8-5-4-6-9-12/h4-6,8-9,13,15H,3,7,10-11H2,1-2H3. The fourth-order valence-electron chi connectivity index (χ4n) is 1.67. The summed E-state index contributed by atoms with van der Waals surface area (Å²) < 4.78 is 4.84. The Kier molecular flexibility index (Phi) is 7.53. The quantitative estimate of drug-likeness (QED) is 0.580. The Morgan fingerprint density at radius 3 is 2.72 bits per heavy atom. The lowest BCUT2D eigenvalue weighted by Crippen LogP contribution is -2.30. The summed E-state index contributed by atoms with van der Waals surface area (Å²) in [6, 6.07) is 9.32. The van der Waals surface area contributed by atoms with Crippen molar-refractivity contribution in [2.45, 2.75) is 19.4 Å². The summed E-state index contributed by atoms with van der Waals surface area (Å²) in [5, 5.41) is 3.26. The zero-order valence-corrected chi connectivity index (χ0v) is 11.8. The molecule has 0 aromatic heterocycles. The van der Waals surface area contributed by atoms with Crippen LogP contribution in [0.25, 0.3) is 0 Å². The molecule has 0 heterocycles. The number of thioether (sulfide) groups is 1. The first-order valence-corrected chi connectivity index (χ1v) is 7.39. The van der Waals surface area contributed by atoms with Crippen molar-refractivity contribution in [3.8, 4) is 0 Å². The second-order valence-corrected chi connectivity index (χ2v) is 5.27. The fraction of sp³-hybridized carbons (Fsp3) is 0.500. The smallest absolute Gasteiger partial charge is 0.327 e. The van der Waals surface area contributed by atoms with E-state index >= 15 is 0 Å². The molecule has 1 atom stereocenters. The van der Waals surface area contributed by atoms with Crippen LogP contribution in [0, 0.1) is 0 Å². The van der Waals surface area contributed by atoms with Gasteiger partial charge < -0.3 is 10.1 Å². The summed E-state index contributed by atoms with van der Waals surface area (Å²) in [7, 11) is 1.42. The van der Waals surface area contributed by atoms with E-state index in [1.54, 1.807) is 0 Å². The van der Waals surface area contributed by atoms with E-state index in [4.69, 9.17) is 4.74 Å². The van der Waals surface area contributed by atoms with E-state index in [1.165, 1.54) is 7.11 Å². The molecule has 0 spiro atoms. The van der Waals surface area contributed by atoms with Gasteiger partial charge in [0.1, 0.15) is 6.04 Å². The molecular formula is C14H21NO2S. The molecule has 1 aromatic rings. The number of hydrogen-bond donors (Lipinski definition) is 1. The maximum atomic E-state index is 11.7. The largest absolute Gasteiger partial charge is 0.468 e. The average Bonchev–Trinajstić information content (AvgIpc) is 2.43. The molecule has 1 N–H and O–H groups in total. The third-order valence-corrected chi connectivity index (χ3v) is 3.57. The van der Waals surface area contributed by atoms with Crippen molar-refractivity contribution < 1.29 is 9.53 Å². The highest BCUT2D eigenvalue weighted by Crippen LogP contribution is 2.14. The van der Waals surface area contributed by atoms with Gasteiger partial charge in [-0.2, -0.15) is 11.8 Å². The Morgan fingerprint density at radius 1 is 1.39 bits per heavy atom. The number of rotatable bonds is 8. The molecule has 0 aliphatic heterocycles. The van der Waals surface area contributed by atoms with E-state index in [0.29, 0.717) is 0 Å². The maximum absolute atomic E-state index is 11.7. The minimum atomic E-state index is -0.358. The van der Waals surface area contributed by atoms with Crippen molar-refractivity contribution >= 4 is 17.7 Å². The Labute approximate surface area is 113 Å². The number of ether oxygens (including phenoxy) is 1. The van der Waals surface area contributed by atoms with Gasteiger partial charge >= 0.3 is 5.97 Å². The van der Waals surface area contributed by atoms with Crippen molar-refractivity contribution in [2.24, 2.45) is 0 Å². The first-order chi connectivity index (χ1) is 8.79. The number of methoxy groups -OCH3 is 1. The summed E-state index contributed by atoms with van der Waals surface area (Å²) >= 11 is 1.91. The summed E-state index contributed by atoms with van der Waals surface area (Å²) in [5.41, 5.74) is 0.951. The summed E-state index contributed by atoms with van der Waals surface area (Å²) in [6.45, 7) is 2.97. The zero-order chi connectivity index (χ0) is 13.2. The fourth-order valence-corrected chi connectivity index (χ4v) is 2.30. The van der Waals surface area contributed by atoms with Crippen molar-refractivity contribution in [3.05, 3.63) is 35.9 Å². The van der Waals surface area contributed by atoms with Gasteiger partial charge in [0.2, 0.25) is 0 Å². The zero-order valence-electron chi connectivity index (χ0n) is 11.0. The number of carbonyl (C=O) groups excluding carboxylic acids is 1. The lowest BCUT2D eigenvalue weighted by atomic mass is 10.1. The normalized spacial score (nSPS) is 12.1. The minimum Gasteiger partial charge on any atom is -0.468 e. The third-order valence-electron chi connectivity index (χ3n) is 2.59. The van der Waals surface area contributed by atoms with Crippen LogP contribution in [0.3, 0.4) is 0 Å². The van der Waals surface area contributed by atoms with Crippen LogP contribution in [0.1, 0.15) is 24.9 Å². The second-order valence-electron chi connectivity index (χ2n) is 3.87. The summed E-state index contributed by atoms with van der Waals surface area (Å²) in [4.78, 5) is 11.7. The van der Waals surface area contributed by atoms with Crippen molar-refractivity contribution in [3.63, 3.8) is 0 Å². The molecule has 0 bridgehead atoms. The first-order valence-electron chi connectivity index (χ1n) is 6.23. The van der Waals surface area contributed by atoms with Crippen molar-refractivity contribution in [1.29, 1.82) is 0 Å². The first kappa shape index (κ1) is 15.1. The summed E-state index contributed by atoms with van der Waals surface area (Å²) in [6.07, 6.45) is 1.05. The van der Waals surface area contributed by atoms with Gasteiger partial charge in [0.05, 0.1) is 7.11 Å². The average molecular weight is 267 g/mol. The van der Waals surface area contributed by atoms with E-state index in [2.05, 4.69) is 12.2 Å². The monoisotopic (exact) mass is 267 g/mol. The molecule has 18 heavy (non-hydrogen) atoms. The predicted octanol–water partition coefficient (Wildman–Crippen LogP) is 2.63. The molecule has 1 aromatic carbocycles. The van der Waals surface area contributed by atoms with Crippen LogP contribution in [-0.2, 0) is 9.53 Å². The van der Waals surface area contributed by atoms with Crippen molar-refractivity contribution in [1.82, 2.24) is 5.32 Å². The Morgan fingerprint density at radius 2 is 2.11 bits per heavy atom. The van der Waals surface area contributed by atoms with E-state index in [9.17, 15) is 4.79 Å². The SMILES string of the molecule is CCSCCCNC(C(=O)OC)c1ccccc1. The van der Waals surface area contributed by atoms with Crippen LogP contribution < -0.4 is 5.32 Å². The number of nitrogens with one attached hydrogen (secondary N) is 1. The lowest BCUT2D eigenvalue weighted by molar-refractivity contribution is -0.143. The molecule has 0 amide bonds. The highest BCUT2D eigenvalue weighted by molar-refractivity contribution is 7.99. The van der Waals surface area contributed by atoms with Gasteiger partial charge in [0, 0.05) is 0 Å². The van der Waals surface area contributed by atoms with Crippen LogP contribution in [-0.4, -0.2) is 31.1 Å². The molecule has 100 valence electrons. The van der Waals surface area contributed by atoms with Gasteiger partial charge in [-0.1, -0.05) is 37.3 Å². The molecule has 0 radical (unpaired) electrons. The van der Waals surface area contributed by atoms with Gasteiger partial charge in [-0.15, -0.1) is 0 Å². The third kappa shape index (κ3) is 5.10. The predicted molar refractivity (Wildman–Crippen MR) is 76.8 cm³/mol. The van der Waals surface area contributed by atoms with Crippen LogP contribution in [0.15, 0.2) is 30.3 Å². The number of benzene rings is 1. The Hall–Kier alpha value is -1.00. The topological polar surface area (TPSA) is 38.3 Å². The van der Waals surface area contributed by atoms with Gasteiger partial charge in [-0.3, -0.25) is 0 Å². The molecule has 1 unspecified atom stereocenters. The molecule has 0 aliphatic rings. The highest BCUT2D eigenvalue weighted by Gasteiger charge is 2.19. The minimum absolute atomic E-state index is 0.232. The molecule has 4 heteroatoms. The van der Waals surface area contributed by atoms with Crippen molar-refractivity contribution in [2.75, 3.05) is 25.2 Å². The molecule has 3 nitrogen and oxygen atoms in total. The van der Waals surface area contributed by atoms with E-state index in [-0.39, 0.29) is 12.0 Å². The molecule has 1 rings (SSSR count). The van der Waals surface area contributed by atoms with Gasteiger partial charge in [-0.25, -0.2) is 4.79 Å². The van der Waals surface area contributed by atoms with Crippen LogP contribution in [0.2, 0.25) is 0 Å². The van der Waals surface area contributed by atoms with Crippen LogP contribution >= 0.6 is 11.8 Å². The van der Waals surface area contributed by atoms with Gasteiger partial charge in [0.15, 0.2) is 0 Å². The number of carbonyl (C=O) groups is 1. The molecule has 0 fully saturated rings.